The van der Waals surface area contributed by atoms with Crippen molar-refractivity contribution in [3.8, 4) is 0 Å². The lowest BCUT2D eigenvalue weighted by Gasteiger charge is -2.10. The van der Waals surface area contributed by atoms with E-state index in [4.69, 9.17) is 9.78 Å². The SMILES string of the molecule is CCCCCC[C](C)OOC(=O)c1cc(C)cc(C)c1. The molecule has 0 aliphatic carbocycles. The number of hydrogen-bond acceptors (Lipinski definition) is 3. The molecule has 3 nitrogen and oxygen atoms in total. The standard InChI is InChI=1S/C17H25O3/c1-5-6-7-8-9-15(4)19-20-17(18)16-11-13(2)10-14(3)12-16/h10-12H,5-9H2,1-4H3. The molecule has 0 aromatic heterocycles. The molecule has 0 amide bonds. The fourth-order valence-corrected chi connectivity index (χ4v) is 2.09. The van der Waals surface area contributed by atoms with E-state index in [0.717, 1.165) is 30.1 Å². The number of unbranched alkanes of at least 4 members (excludes halogenated alkanes) is 3. The Labute approximate surface area is 122 Å². The zero-order valence-corrected chi connectivity index (χ0v) is 13.0. The maximum absolute atomic E-state index is 11.9. The molecule has 1 aromatic rings. The Balaban J connectivity index is 2.35. The van der Waals surface area contributed by atoms with Crippen molar-refractivity contribution in [2.24, 2.45) is 0 Å². The van der Waals surface area contributed by atoms with E-state index >= 15 is 0 Å². The van der Waals surface area contributed by atoms with Crippen molar-refractivity contribution in [1.82, 2.24) is 0 Å². The van der Waals surface area contributed by atoms with Crippen LogP contribution in [0, 0.1) is 20.0 Å². The van der Waals surface area contributed by atoms with Crippen molar-refractivity contribution in [3.05, 3.63) is 41.0 Å². The first kappa shape index (κ1) is 16.7. The Hall–Kier alpha value is -1.35. The minimum absolute atomic E-state index is 0.440. The fraction of sp³-hybridized carbons (Fsp3) is 0.529. The van der Waals surface area contributed by atoms with Gasteiger partial charge < -0.3 is 0 Å². The van der Waals surface area contributed by atoms with Crippen LogP contribution in [-0.4, -0.2) is 5.97 Å². The Morgan fingerprint density at radius 2 is 1.65 bits per heavy atom. The zero-order valence-electron chi connectivity index (χ0n) is 13.0. The van der Waals surface area contributed by atoms with Gasteiger partial charge in [0, 0.05) is 0 Å². The first-order chi connectivity index (χ1) is 9.52. The quantitative estimate of drug-likeness (QED) is 0.384. The highest BCUT2D eigenvalue weighted by atomic mass is 17.2. The molecule has 1 radical (unpaired) electrons. The molecule has 3 heteroatoms. The monoisotopic (exact) mass is 277 g/mol. The molecule has 0 aliphatic heterocycles. The van der Waals surface area contributed by atoms with E-state index in [1.54, 1.807) is 12.1 Å². The van der Waals surface area contributed by atoms with Crippen LogP contribution in [0.1, 0.15) is 67.4 Å². The van der Waals surface area contributed by atoms with Crippen LogP contribution in [0.4, 0.5) is 0 Å². The Kier molecular flexibility index (Phi) is 7.31. The van der Waals surface area contributed by atoms with Crippen LogP contribution >= 0.6 is 0 Å². The first-order valence-corrected chi connectivity index (χ1v) is 7.32. The lowest BCUT2D eigenvalue weighted by molar-refractivity contribution is -0.233. The molecule has 0 N–H and O–H groups in total. The average Bonchev–Trinajstić information content (AvgIpc) is 2.40. The summed E-state index contributed by atoms with van der Waals surface area (Å²) in [6.45, 7) is 7.94. The number of carbonyl (C=O) groups excluding carboxylic acids is 1. The van der Waals surface area contributed by atoms with Crippen molar-refractivity contribution < 1.29 is 14.6 Å². The molecule has 0 bridgehead atoms. The van der Waals surface area contributed by atoms with E-state index in [-0.39, 0.29) is 0 Å². The van der Waals surface area contributed by atoms with Crippen molar-refractivity contribution in [2.45, 2.75) is 59.8 Å². The molecule has 0 fully saturated rings. The second-order valence-corrected chi connectivity index (χ2v) is 5.34. The molecule has 1 rings (SSSR count). The van der Waals surface area contributed by atoms with Crippen LogP contribution in [-0.2, 0) is 9.78 Å². The summed E-state index contributed by atoms with van der Waals surface area (Å²) >= 11 is 0. The van der Waals surface area contributed by atoms with Crippen LogP contribution in [0.25, 0.3) is 0 Å². The summed E-state index contributed by atoms with van der Waals surface area (Å²) in [7, 11) is 0. The van der Waals surface area contributed by atoms with Gasteiger partial charge in [-0.3, -0.25) is 4.89 Å². The summed E-state index contributed by atoms with van der Waals surface area (Å²) in [4.78, 5) is 21.8. The van der Waals surface area contributed by atoms with E-state index in [0.29, 0.717) is 5.56 Å². The second kappa shape index (κ2) is 8.75. The predicted molar refractivity (Wildman–Crippen MR) is 80.1 cm³/mol. The number of carbonyl (C=O) groups is 1. The van der Waals surface area contributed by atoms with E-state index in [1.165, 1.54) is 19.3 Å². The molecule has 0 aliphatic rings. The van der Waals surface area contributed by atoms with Gasteiger partial charge in [0.25, 0.3) is 0 Å². The van der Waals surface area contributed by atoms with Gasteiger partial charge in [-0.05, 0) is 39.3 Å². The number of rotatable bonds is 8. The highest BCUT2D eigenvalue weighted by Crippen LogP contribution is 2.16. The third-order valence-electron chi connectivity index (χ3n) is 3.10. The van der Waals surface area contributed by atoms with E-state index in [2.05, 4.69) is 6.92 Å². The summed E-state index contributed by atoms with van der Waals surface area (Å²) in [5, 5.41) is 0. The minimum atomic E-state index is -0.440. The second-order valence-electron chi connectivity index (χ2n) is 5.34. The van der Waals surface area contributed by atoms with Crippen molar-refractivity contribution in [1.29, 1.82) is 0 Å². The topological polar surface area (TPSA) is 35.5 Å². The summed E-state index contributed by atoms with van der Waals surface area (Å²) in [5.41, 5.74) is 2.61. The maximum Gasteiger partial charge on any atom is 0.373 e. The molecule has 0 saturated heterocycles. The third kappa shape index (κ3) is 6.20. The van der Waals surface area contributed by atoms with Gasteiger partial charge in [-0.15, -0.1) is 0 Å². The van der Waals surface area contributed by atoms with Crippen LogP contribution in [0.5, 0.6) is 0 Å². The Bertz CT molecular complexity index is 406. The van der Waals surface area contributed by atoms with Gasteiger partial charge in [-0.2, -0.15) is 4.89 Å². The molecule has 111 valence electrons. The van der Waals surface area contributed by atoms with Crippen LogP contribution < -0.4 is 0 Å². The van der Waals surface area contributed by atoms with Gasteiger partial charge in [0.15, 0.2) is 0 Å². The van der Waals surface area contributed by atoms with Gasteiger partial charge in [-0.25, -0.2) is 4.79 Å². The maximum atomic E-state index is 11.9. The van der Waals surface area contributed by atoms with Gasteiger partial charge >= 0.3 is 5.97 Å². The summed E-state index contributed by atoms with van der Waals surface area (Å²) < 4.78 is 0. The van der Waals surface area contributed by atoms with Gasteiger partial charge in [0.1, 0.15) is 6.10 Å². The first-order valence-electron chi connectivity index (χ1n) is 7.32. The van der Waals surface area contributed by atoms with E-state index < -0.39 is 5.97 Å². The van der Waals surface area contributed by atoms with Crippen LogP contribution in [0.3, 0.4) is 0 Å². The van der Waals surface area contributed by atoms with Gasteiger partial charge in [-0.1, -0.05) is 49.8 Å². The number of benzene rings is 1. The predicted octanol–water partition coefficient (Wildman–Crippen LogP) is 4.91. The summed E-state index contributed by atoms with van der Waals surface area (Å²) in [5.74, 6) is -0.440. The fourth-order valence-electron chi connectivity index (χ4n) is 2.09. The molecule has 0 unspecified atom stereocenters. The van der Waals surface area contributed by atoms with E-state index in [9.17, 15) is 4.79 Å². The summed E-state index contributed by atoms with van der Waals surface area (Å²) in [6, 6.07) is 5.62. The molecular weight excluding hydrogens is 252 g/mol. The number of hydrogen-bond donors (Lipinski definition) is 0. The normalized spacial score (nSPS) is 10.8. The molecule has 0 saturated carbocycles. The Morgan fingerprint density at radius 1 is 1.00 bits per heavy atom. The van der Waals surface area contributed by atoms with Crippen LogP contribution in [0.15, 0.2) is 18.2 Å². The molecule has 20 heavy (non-hydrogen) atoms. The lowest BCUT2D eigenvalue weighted by atomic mass is 10.1. The summed E-state index contributed by atoms with van der Waals surface area (Å²) in [6.07, 6.45) is 6.28. The van der Waals surface area contributed by atoms with E-state index in [1.807, 2.05) is 26.8 Å². The molecular formula is C17H25O3. The highest BCUT2D eigenvalue weighted by molar-refractivity contribution is 5.89. The van der Waals surface area contributed by atoms with Crippen molar-refractivity contribution >= 4 is 5.97 Å². The Morgan fingerprint density at radius 3 is 2.25 bits per heavy atom. The minimum Gasteiger partial charge on any atom is -0.292 e. The third-order valence-corrected chi connectivity index (χ3v) is 3.10. The van der Waals surface area contributed by atoms with Gasteiger partial charge in [0.2, 0.25) is 0 Å². The van der Waals surface area contributed by atoms with Crippen molar-refractivity contribution in [3.63, 3.8) is 0 Å². The lowest BCUT2D eigenvalue weighted by Crippen LogP contribution is -2.09. The smallest absolute Gasteiger partial charge is 0.292 e. The molecule has 0 heterocycles. The number of aryl methyl sites for hydroxylation is 2. The molecule has 0 atom stereocenters. The molecule has 0 spiro atoms. The molecule has 1 aromatic carbocycles. The van der Waals surface area contributed by atoms with Gasteiger partial charge in [0.05, 0.1) is 5.56 Å². The zero-order chi connectivity index (χ0) is 15.0. The largest absolute Gasteiger partial charge is 0.373 e. The average molecular weight is 277 g/mol. The van der Waals surface area contributed by atoms with Crippen molar-refractivity contribution in [2.75, 3.05) is 0 Å². The van der Waals surface area contributed by atoms with Crippen LogP contribution in [0.2, 0.25) is 0 Å². The highest BCUT2D eigenvalue weighted by Gasteiger charge is 2.12.